The van der Waals surface area contributed by atoms with Crippen molar-refractivity contribution >= 4 is 23.9 Å². The van der Waals surface area contributed by atoms with Crippen molar-refractivity contribution in [1.82, 2.24) is 4.90 Å². The number of nitrogens with zero attached hydrogens (tertiary/aromatic N) is 1. The van der Waals surface area contributed by atoms with E-state index in [0.717, 1.165) is 18.7 Å². The van der Waals surface area contributed by atoms with Crippen LogP contribution in [0.3, 0.4) is 0 Å². The van der Waals surface area contributed by atoms with Gasteiger partial charge in [-0.15, -0.1) is 0 Å². The molecule has 11 nitrogen and oxygen atoms in total. The molecule has 3 rings (SSSR count). The monoisotopic (exact) mass is 547 g/mol. The van der Waals surface area contributed by atoms with Crippen LogP contribution in [-0.2, 0) is 46.4 Å². The largest absolute Gasteiger partial charge is 0.496 e. The summed E-state index contributed by atoms with van der Waals surface area (Å²) in [7, 11) is 1.49. The number of methoxy groups -OCH3 is 1. The predicted molar refractivity (Wildman–Crippen MR) is 139 cm³/mol. The summed E-state index contributed by atoms with van der Waals surface area (Å²) in [4.78, 5) is 51.3. The molecule has 2 aliphatic rings. The van der Waals surface area contributed by atoms with Gasteiger partial charge in [0, 0.05) is 37.2 Å². The number of allylic oxidation sites excluding steroid dienone is 2. The molecule has 1 fully saturated rings. The second kappa shape index (κ2) is 14.6. The van der Waals surface area contributed by atoms with Crippen LogP contribution < -0.4 is 9.47 Å². The zero-order valence-corrected chi connectivity index (χ0v) is 23.1. The lowest BCUT2D eigenvalue weighted by atomic mass is 9.94. The molecule has 0 unspecified atom stereocenters. The molecule has 0 amide bonds. The van der Waals surface area contributed by atoms with Gasteiger partial charge in [0.2, 0.25) is 0 Å². The summed E-state index contributed by atoms with van der Waals surface area (Å²) in [6.07, 6.45) is 2.23. The number of ether oxygens (including phenoxy) is 6. The number of hydrogen-bond donors (Lipinski definition) is 0. The fraction of sp³-hybridized carbons (Fsp3) is 0.571. The van der Waals surface area contributed by atoms with Crippen molar-refractivity contribution in [1.29, 1.82) is 0 Å². The van der Waals surface area contributed by atoms with Crippen LogP contribution in [0, 0.1) is 6.92 Å². The average Bonchev–Trinajstić information content (AvgIpc) is 3.30. The predicted octanol–water partition coefficient (Wildman–Crippen LogP) is 2.68. The summed E-state index contributed by atoms with van der Waals surface area (Å²) >= 11 is 0. The Morgan fingerprint density at radius 2 is 1.77 bits per heavy atom. The highest BCUT2D eigenvalue weighted by atomic mass is 16.6. The Balaban J connectivity index is 1.69. The van der Waals surface area contributed by atoms with Crippen molar-refractivity contribution in [2.24, 2.45) is 0 Å². The van der Waals surface area contributed by atoms with Gasteiger partial charge >= 0.3 is 23.9 Å². The maximum atomic E-state index is 12.6. The van der Waals surface area contributed by atoms with Gasteiger partial charge in [-0.3, -0.25) is 19.3 Å². The fourth-order valence-corrected chi connectivity index (χ4v) is 4.47. The van der Waals surface area contributed by atoms with Gasteiger partial charge in [0.1, 0.15) is 30.9 Å². The summed E-state index contributed by atoms with van der Waals surface area (Å²) in [6, 6.07) is 0. The van der Waals surface area contributed by atoms with E-state index in [1.807, 2.05) is 13.0 Å². The van der Waals surface area contributed by atoms with Crippen molar-refractivity contribution in [2.75, 3.05) is 53.2 Å². The lowest BCUT2D eigenvalue weighted by Gasteiger charge is -2.26. The number of esters is 4. The third-order valence-electron chi connectivity index (χ3n) is 6.59. The van der Waals surface area contributed by atoms with Crippen molar-refractivity contribution in [3.63, 3.8) is 0 Å². The maximum absolute atomic E-state index is 12.6. The maximum Gasteiger partial charge on any atom is 0.342 e. The molecule has 1 aromatic carbocycles. The Hall–Kier alpha value is -3.44. The van der Waals surface area contributed by atoms with E-state index in [9.17, 15) is 19.2 Å². The SMILES string of the molecule is CCOC(=O)CC(=O)Oc1c(C/C=C(\C)CCC(=O)OCCN2CCOCC2)c(OC)c(C)c2c1C(=O)OC2. The second-order valence-corrected chi connectivity index (χ2v) is 9.28. The van der Waals surface area contributed by atoms with E-state index in [2.05, 4.69) is 4.90 Å². The number of benzene rings is 1. The molecule has 214 valence electrons. The molecule has 0 atom stereocenters. The lowest BCUT2D eigenvalue weighted by molar-refractivity contribution is -0.150. The van der Waals surface area contributed by atoms with Gasteiger partial charge < -0.3 is 28.4 Å². The van der Waals surface area contributed by atoms with E-state index in [1.165, 1.54) is 7.11 Å². The van der Waals surface area contributed by atoms with E-state index in [0.29, 0.717) is 55.2 Å². The van der Waals surface area contributed by atoms with Crippen LogP contribution in [0.25, 0.3) is 0 Å². The number of cyclic esters (lactones) is 1. The zero-order chi connectivity index (χ0) is 28.4. The molecule has 1 saturated heterocycles. The molecule has 2 aliphatic heterocycles. The van der Waals surface area contributed by atoms with E-state index in [1.54, 1.807) is 13.8 Å². The molecule has 11 heteroatoms. The highest BCUT2D eigenvalue weighted by Gasteiger charge is 2.34. The fourth-order valence-electron chi connectivity index (χ4n) is 4.47. The molecule has 2 heterocycles. The molecule has 0 saturated carbocycles. The van der Waals surface area contributed by atoms with Gasteiger partial charge in [-0.1, -0.05) is 11.6 Å². The number of fused-ring (bicyclic) bond motifs is 1. The van der Waals surface area contributed by atoms with Gasteiger partial charge in [-0.25, -0.2) is 4.79 Å². The first-order valence-electron chi connectivity index (χ1n) is 13.1. The van der Waals surface area contributed by atoms with E-state index in [4.69, 9.17) is 28.4 Å². The minimum atomic E-state index is -0.858. The van der Waals surface area contributed by atoms with Gasteiger partial charge in [-0.05, 0) is 39.2 Å². The lowest BCUT2D eigenvalue weighted by Crippen LogP contribution is -2.38. The zero-order valence-electron chi connectivity index (χ0n) is 23.1. The Bertz CT molecular complexity index is 1100. The van der Waals surface area contributed by atoms with Crippen molar-refractivity contribution in [2.45, 2.75) is 53.1 Å². The van der Waals surface area contributed by atoms with Gasteiger partial charge in [0.15, 0.2) is 5.75 Å². The van der Waals surface area contributed by atoms with Crippen LogP contribution in [0.5, 0.6) is 11.5 Å². The standard InChI is InChI=1S/C28H37NO10/c1-5-36-23(31)16-24(32)39-27-20(26(34-4)19(3)21-17-38-28(33)25(21)27)8-6-18(2)7-9-22(30)37-15-12-29-10-13-35-14-11-29/h6H,5,7-17H2,1-4H3/b18-6+. The quantitative estimate of drug-likeness (QED) is 0.119. The topological polar surface area (TPSA) is 127 Å². The van der Waals surface area contributed by atoms with Crippen molar-refractivity contribution < 1.29 is 47.6 Å². The van der Waals surface area contributed by atoms with E-state index >= 15 is 0 Å². The molecular formula is C28H37NO10. The van der Waals surface area contributed by atoms with Crippen LogP contribution in [0.2, 0.25) is 0 Å². The minimum Gasteiger partial charge on any atom is -0.496 e. The molecule has 0 bridgehead atoms. The van der Waals surface area contributed by atoms with E-state index < -0.39 is 24.3 Å². The minimum absolute atomic E-state index is 0.0100. The number of rotatable bonds is 13. The summed E-state index contributed by atoms with van der Waals surface area (Å²) < 4.78 is 31.9. The molecule has 0 spiro atoms. The second-order valence-electron chi connectivity index (χ2n) is 9.28. The summed E-state index contributed by atoms with van der Waals surface area (Å²) in [5.74, 6) is -2.01. The highest BCUT2D eigenvalue weighted by Crippen LogP contribution is 2.43. The summed E-state index contributed by atoms with van der Waals surface area (Å²) in [5.41, 5.74) is 2.80. The smallest absolute Gasteiger partial charge is 0.342 e. The Kier molecular flexibility index (Phi) is 11.3. The summed E-state index contributed by atoms with van der Waals surface area (Å²) in [6.45, 7) is 9.56. The number of morpholine rings is 1. The number of carbonyl (C=O) groups excluding carboxylic acids is 4. The molecular weight excluding hydrogens is 510 g/mol. The van der Waals surface area contributed by atoms with Gasteiger partial charge in [-0.2, -0.15) is 0 Å². The summed E-state index contributed by atoms with van der Waals surface area (Å²) in [5, 5.41) is 0. The van der Waals surface area contributed by atoms with Crippen LogP contribution in [0.4, 0.5) is 0 Å². The van der Waals surface area contributed by atoms with Crippen LogP contribution >= 0.6 is 0 Å². The Morgan fingerprint density at radius 3 is 2.46 bits per heavy atom. The molecule has 0 radical (unpaired) electrons. The first kappa shape index (κ1) is 30.1. The Morgan fingerprint density at radius 1 is 1.03 bits per heavy atom. The van der Waals surface area contributed by atoms with Crippen LogP contribution in [0.1, 0.15) is 60.2 Å². The molecule has 39 heavy (non-hydrogen) atoms. The van der Waals surface area contributed by atoms with Crippen molar-refractivity contribution in [3.05, 3.63) is 33.9 Å². The highest BCUT2D eigenvalue weighted by molar-refractivity contribution is 6.00. The van der Waals surface area contributed by atoms with Crippen LogP contribution in [0.15, 0.2) is 11.6 Å². The third kappa shape index (κ3) is 8.27. The van der Waals surface area contributed by atoms with Gasteiger partial charge in [0.25, 0.3) is 0 Å². The van der Waals surface area contributed by atoms with Gasteiger partial charge in [0.05, 0.1) is 26.9 Å². The molecule has 1 aromatic rings. The first-order valence-corrected chi connectivity index (χ1v) is 13.1. The molecule has 0 aromatic heterocycles. The number of carbonyl (C=O) groups is 4. The molecule has 0 N–H and O–H groups in total. The Labute approximate surface area is 228 Å². The third-order valence-corrected chi connectivity index (χ3v) is 6.59. The first-order chi connectivity index (χ1) is 18.7. The van der Waals surface area contributed by atoms with E-state index in [-0.39, 0.29) is 43.3 Å². The number of hydrogen-bond acceptors (Lipinski definition) is 11. The molecule has 0 aliphatic carbocycles. The van der Waals surface area contributed by atoms with Crippen LogP contribution in [-0.4, -0.2) is 81.9 Å². The normalized spacial score (nSPS) is 15.4. The average molecular weight is 548 g/mol. The van der Waals surface area contributed by atoms with Crippen molar-refractivity contribution in [3.8, 4) is 11.5 Å².